The lowest BCUT2D eigenvalue weighted by atomic mass is 10.0. The highest BCUT2D eigenvalue weighted by molar-refractivity contribution is 7.98. The molecular weight excluding hydrogens is 428 g/mol. The molecule has 4 rings (SSSR count). The molecule has 2 heterocycles. The van der Waals surface area contributed by atoms with Gasteiger partial charge in [-0.25, -0.2) is 4.90 Å². The number of hydrogen-bond acceptors (Lipinski definition) is 6. The fourth-order valence-corrected chi connectivity index (χ4v) is 4.11. The van der Waals surface area contributed by atoms with Gasteiger partial charge in [0.1, 0.15) is 5.75 Å². The second-order valence-corrected chi connectivity index (χ2v) is 7.96. The van der Waals surface area contributed by atoms with Gasteiger partial charge in [-0.3, -0.25) is 19.4 Å². The Kier molecular flexibility index (Phi) is 6.09. The summed E-state index contributed by atoms with van der Waals surface area (Å²) < 4.78 is 6.98. The minimum atomic E-state index is -0.721. The number of rotatable bonds is 5. The van der Waals surface area contributed by atoms with Crippen LogP contribution >= 0.6 is 11.8 Å². The summed E-state index contributed by atoms with van der Waals surface area (Å²) in [5.41, 5.74) is 1.99. The van der Waals surface area contributed by atoms with Crippen molar-refractivity contribution in [2.75, 3.05) is 11.2 Å². The molecule has 0 spiro atoms. The number of esters is 1. The van der Waals surface area contributed by atoms with Crippen molar-refractivity contribution in [3.05, 3.63) is 64.4 Å². The fraction of sp³-hybridized carbons (Fsp3) is 0.261. The minimum absolute atomic E-state index is 0.121. The van der Waals surface area contributed by atoms with Gasteiger partial charge in [-0.05, 0) is 41.3 Å². The molecule has 8 nitrogen and oxygen atoms in total. The van der Waals surface area contributed by atoms with E-state index in [2.05, 4.69) is 10.1 Å². The van der Waals surface area contributed by atoms with E-state index in [9.17, 15) is 14.4 Å². The Bertz CT molecular complexity index is 1260. The van der Waals surface area contributed by atoms with Gasteiger partial charge < -0.3 is 4.74 Å². The average Bonchev–Trinajstić information content (AvgIpc) is 2.82. The van der Waals surface area contributed by atoms with Crippen LogP contribution in [-0.2, 0) is 9.59 Å². The van der Waals surface area contributed by atoms with Gasteiger partial charge >= 0.3 is 17.2 Å². The van der Waals surface area contributed by atoms with E-state index in [0.29, 0.717) is 33.4 Å². The van der Waals surface area contributed by atoms with Crippen molar-refractivity contribution in [2.24, 2.45) is 0 Å². The molecule has 0 unspecified atom stereocenters. The molecule has 3 aromatic rings. The van der Waals surface area contributed by atoms with Crippen LogP contribution < -0.4 is 19.9 Å². The molecule has 0 saturated carbocycles. The number of carbonyl (C=O) groups is 2. The largest absolute Gasteiger partial charge is 0.427 e. The van der Waals surface area contributed by atoms with Crippen LogP contribution in [0.4, 0.5) is 5.69 Å². The first kappa shape index (κ1) is 21.8. The van der Waals surface area contributed by atoms with Gasteiger partial charge in [0.25, 0.3) is 6.17 Å². The van der Waals surface area contributed by atoms with E-state index in [1.807, 2.05) is 36.6 Å². The van der Waals surface area contributed by atoms with Crippen LogP contribution in [0.1, 0.15) is 38.4 Å². The number of aromatic amines is 1. The zero-order valence-electron chi connectivity index (χ0n) is 18.0. The first-order valence-corrected chi connectivity index (χ1v) is 11.5. The van der Waals surface area contributed by atoms with Gasteiger partial charge in [-0.15, -0.1) is 0 Å². The number of amides is 1. The van der Waals surface area contributed by atoms with Crippen LogP contribution in [0.2, 0.25) is 0 Å². The molecule has 0 fully saturated rings. The second kappa shape index (κ2) is 8.96. The van der Waals surface area contributed by atoms with E-state index in [1.54, 1.807) is 41.6 Å². The SMILES string of the molecule is CCC(=O)Oc1cccc([C@H]2N(C(=O)CC)c3ccccc3-c3c(=O)[nH]c(SC)n[n+]32)c1. The lowest BCUT2D eigenvalue weighted by molar-refractivity contribution is -0.763. The van der Waals surface area contributed by atoms with Gasteiger partial charge in [-0.2, -0.15) is 0 Å². The first-order chi connectivity index (χ1) is 15.5. The van der Waals surface area contributed by atoms with E-state index in [4.69, 9.17) is 4.74 Å². The predicted octanol–water partition coefficient (Wildman–Crippen LogP) is 3.07. The fourth-order valence-electron chi connectivity index (χ4n) is 3.75. The Hall–Kier alpha value is -3.46. The summed E-state index contributed by atoms with van der Waals surface area (Å²) in [5.74, 6) is -0.108. The Labute approximate surface area is 189 Å². The number of thioether (sulfide) groups is 1. The van der Waals surface area contributed by atoms with Crippen molar-refractivity contribution in [3.63, 3.8) is 0 Å². The van der Waals surface area contributed by atoms with Crippen LogP contribution in [0.15, 0.2) is 58.5 Å². The molecule has 2 aromatic carbocycles. The Morgan fingerprint density at radius 2 is 1.94 bits per heavy atom. The summed E-state index contributed by atoms with van der Waals surface area (Å²) in [6.45, 7) is 3.51. The number of aromatic nitrogens is 3. The molecule has 0 aliphatic carbocycles. The van der Waals surface area contributed by atoms with Gasteiger partial charge in [0.2, 0.25) is 11.1 Å². The highest BCUT2D eigenvalue weighted by Crippen LogP contribution is 2.38. The maximum atomic E-state index is 13.2. The molecule has 1 atom stereocenters. The second-order valence-electron chi connectivity index (χ2n) is 7.16. The molecule has 1 aromatic heterocycles. The molecular formula is C23H23N4O4S+. The van der Waals surface area contributed by atoms with Crippen LogP contribution in [0.3, 0.4) is 0 Å². The number of H-pyrrole nitrogens is 1. The maximum Gasteiger partial charge on any atom is 0.325 e. The summed E-state index contributed by atoms with van der Waals surface area (Å²) in [5, 5.41) is 5.08. The number of benzene rings is 2. The number of anilines is 1. The number of carbonyl (C=O) groups excluding carboxylic acids is 2. The number of para-hydroxylation sites is 1. The van der Waals surface area contributed by atoms with Crippen LogP contribution in [0, 0.1) is 0 Å². The summed E-state index contributed by atoms with van der Waals surface area (Å²) in [6, 6.07) is 14.3. The van der Waals surface area contributed by atoms with Crippen LogP contribution in [0.5, 0.6) is 5.75 Å². The zero-order chi connectivity index (χ0) is 22.8. The van der Waals surface area contributed by atoms with Crippen LogP contribution in [-0.4, -0.2) is 28.2 Å². The molecule has 164 valence electrons. The normalized spacial score (nSPS) is 14.5. The summed E-state index contributed by atoms with van der Waals surface area (Å²) in [6.07, 6.45) is 1.61. The molecule has 1 N–H and O–H groups in total. The molecule has 32 heavy (non-hydrogen) atoms. The summed E-state index contributed by atoms with van der Waals surface area (Å²) in [4.78, 5) is 42.5. The van der Waals surface area contributed by atoms with Crippen molar-refractivity contribution in [2.45, 2.75) is 38.0 Å². The third-order valence-corrected chi connectivity index (χ3v) is 5.77. The van der Waals surface area contributed by atoms with E-state index < -0.39 is 6.17 Å². The molecule has 9 heteroatoms. The number of fused-ring (bicyclic) bond motifs is 3. The summed E-state index contributed by atoms with van der Waals surface area (Å²) >= 11 is 1.30. The van der Waals surface area contributed by atoms with Gasteiger partial charge in [-0.1, -0.05) is 43.8 Å². The molecule has 0 bridgehead atoms. The third kappa shape index (κ3) is 3.80. The Morgan fingerprint density at radius 3 is 2.66 bits per heavy atom. The number of nitrogens with zero attached hydrogens (tertiary/aromatic N) is 3. The topological polar surface area (TPSA) is 96.2 Å². The number of nitrogens with one attached hydrogen (secondary N) is 1. The van der Waals surface area contributed by atoms with Crippen molar-refractivity contribution in [1.82, 2.24) is 10.1 Å². The molecule has 0 radical (unpaired) electrons. The van der Waals surface area contributed by atoms with E-state index in [-0.39, 0.29) is 30.3 Å². The molecule has 1 amide bonds. The zero-order valence-corrected chi connectivity index (χ0v) is 18.8. The molecule has 1 aliphatic heterocycles. The number of ether oxygens (including phenoxy) is 1. The van der Waals surface area contributed by atoms with Crippen molar-refractivity contribution in [3.8, 4) is 17.0 Å². The summed E-state index contributed by atoms with van der Waals surface area (Å²) in [7, 11) is 0. The standard InChI is InChI=1S/C23H22N4O4S/c1-4-18(28)26-17-12-7-6-11-16(17)20-21(30)24-23(32-3)25-27(20)22(26)14-9-8-10-15(13-14)31-19(29)5-2/h6-13,22H,4-5H2,1-3H3/p+1/t22-/m0/s1. The Morgan fingerprint density at radius 1 is 1.16 bits per heavy atom. The highest BCUT2D eigenvalue weighted by atomic mass is 32.2. The molecule has 0 saturated heterocycles. The highest BCUT2D eigenvalue weighted by Gasteiger charge is 2.45. The van der Waals surface area contributed by atoms with Crippen molar-refractivity contribution < 1.29 is 19.0 Å². The lowest BCUT2D eigenvalue weighted by Gasteiger charge is -2.32. The first-order valence-electron chi connectivity index (χ1n) is 10.3. The van der Waals surface area contributed by atoms with Crippen LogP contribution in [0.25, 0.3) is 11.3 Å². The monoisotopic (exact) mass is 451 g/mol. The lowest BCUT2D eigenvalue weighted by Crippen LogP contribution is -2.60. The number of hydrogen-bond donors (Lipinski definition) is 1. The van der Waals surface area contributed by atoms with Gasteiger partial charge in [0.15, 0.2) is 0 Å². The predicted molar refractivity (Wildman–Crippen MR) is 121 cm³/mol. The van der Waals surface area contributed by atoms with E-state index in [0.717, 1.165) is 0 Å². The van der Waals surface area contributed by atoms with Crippen molar-refractivity contribution in [1.29, 1.82) is 0 Å². The van der Waals surface area contributed by atoms with Crippen molar-refractivity contribution >= 4 is 29.3 Å². The average molecular weight is 452 g/mol. The van der Waals surface area contributed by atoms with Gasteiger partial charge in [0.05, 0.1) is 11.3 Å². The maximum absolute atomic E-state index is 13.2. The van der Waals surface area contributed by atoms with E-state index >= 15 is 0 Å². The molecule has 1 aliphatic rings. The Balaban J connectivity index is 1.99. The minimum Gasteiger partial charge on any atom is -0.427 e. The van der Waals surface area contributed by atoms with Gasteiger partial charge in [0, 0.05) is 23.5 Å². The quantitative estimate of drug-likeness (QED) is 0.277. The van der Waals surface area contributed by atoms with E-state index in [1.165, 1.54) is 11.8 Å². The smallest absolute Gasteiger partial charge is 0.325 e. The third-order valence-electron chi connectivity index (χ3n) is 5.20.